The lowest BCUT2D eigenvalue weighted by atomic mass is 10.2. The fourth-order valence-corrected chi connectivity index (χ4v) is 2.72. The second kappa shape index (κ2) is 6.25. The molecule has 2 rings (SSSR count). The summed E-state index contributed by atoms with van der Waals surface area (Å²) in [6, 6.07) is 8.86. The van der Waals surface area contributed by atoms with Crippen LogP contribution in [0, 0.1) is 0 Å². The molecule has 0 aliphatic heterocycles. The van der Waals surface area contributed by atoms with Crippen LogP contribution in [0.5, 0.6) is 0 Å². The predicted octanol–water partition coefficient (Wildman–Crippen LogP) is 2.89. The third-order valence-corrected chi connectivity index (χ3v) is 4.34. The Balaban J connectivity index is 1.94. The van der Waals surface area contributed by atoms with Crippen molar-refractivity contribution in [1.29, 1.82) is 0 Å². The van der Waals surface area contributed by atoms with Crippen molar-refractivity contribution in [2.75, 3.05) is 0 Å². The molecule has 1 fully saturated rings. The monoisotopic (exact) mass is 265 g/mol. The van der Waals surface area contributed by atoms with Crippen molar-refractivity contribution in [3.8, 4) is 0 Å². The van der Waals surface area contributed by atoms with Gasteiger partial charge in [0.1, 0.15) is 5.25 Å². The molecule has 0 radical (unpaired) electrons. The Morgan fingerprint density at radius 1 is 1.56 bits per heavy atom. The van der Waals surface area contributed by atoms with Crippen LogP contribution in [-0.4, -0.2) is 22.4 Å². The maximum absolute atomic E-state index is 11.0. The summed E-state index contributed by atoms with van der Waals surface area (Å²) in [6.07, 6.45) is 3.21. The summed E-state index contributed by atoms with van der Waals surface area (Å²) in [6.45, 7) is 2.78. The molecule has 1 saturated carbocycles. The summed E-state index contributed by atoms with van der Waals surface area (Å²) in [5.74, 6) is -0.732. The molecule has 0 spiro atoms. The number of nitrogens with one attached hydrogen (secondary N) is 1. The fraction of sp³-hybridized carbons (Fsp3) is 0.500. The number of carboxylic acid groups (broad SMARTS) is 1. The van der Waals surface area contributed by atoms with Gasteiger partial charge in [-0.05, 0) is 37.0 Å². The number of rotatable bonds is 7. The highest BCUT2D eigenvalue weighted by Gasteiger charge is 2.20. The molecule has 0 heterocycles. The minimum absolute atomic E-state index is 0.350. The SMILES string of the molecule is CCC(Sc1cccc(CNC2CC2)c1)C(=O)O. The normalized spacial score (nSPS) is 16.5. The van der Waals surface area contributed by atoms with Gasteiger partial charge in [-0.3, -0.25) is 4.79 Å². The number of hydrogen-bond acceptors (Lipinski definition) is 3. The average Bonchev–Trinajstić information content (AvgIpc) is 3.17. The topological polar surface area (TPSA) is 49.3 Å². The van der Waals surface area contributed by atoms with E-state index in [0.29, 0.717) is 12.5 Å². The zero-order valence-electron chi connectivity index (χ0n) is 10.6. The maximum atomic E-state index is 11.0. The standard InChI is InChI=1S/C14H19NO2S/c1-2-13(14(16)17)18-12-5-3-4-10(8-12)9-15-11-6-7-11/h3-5,8,11,13,15H,2,6-7,9H2,1H3,(H,16,17). The van der Waals surface area contributed by atoms with Gasteiger partial charge in [-0.2, -0.15) is 0 Å². The second-order valence-electron chi connectivity index (χ2n) is 4.66. The van der Waals surface area contributed by atoms with Gasteiger partial charge in [-0.15, -0.1) is 11.8 Å². The molecule has 4 heteroatoms. The zero-order valence-corrected chi connectivity index (χ0v) is 11.4. The second-order valence-corrected chi connectivity index (χ2v) is 5.93. The molecule has 3 nitrogen and oxygen atoms in total. The van der Waals surface area contributed by atoms with E-state index in [9.17, 15) is 4.79 Å². The first-order chi connectivity index (χ1) is 8.69. The lowest BCUT2D eigenvalue weighted by molar-refractivity contribution is -0.136. The largest absolute Gasteiger partial charge is 0.480 e. The molecule has 2 N–H and O–H groups in total. The van der Waals surface area contributed by atoms with Crippen LogP contribution in [0.4, 0.5) is 0 Å². The first-order valence-corrected chi connectivity index (χ1v) is 7.28. The highest BCUT2D eigenvalue weighted by atomic mass is 32.2. The van der Waals surface area contributed by atoms with Crippen LogP contribution in [0.1, 0.15) is 31.7 Å². The van der Waals surface area contributed by atoms with E-state index in [-0.39, 0.29) is 5.25 Å². The highest BCUT2D eigenvalue weighted by Crippen LogP contribution is 2.26. The summed E-state index contributed by atoms with van der Waals surface area (Å²) < 4.78 is 0. The predicted molar refractivity (Wildman–Crippen MR) is 73.9 cm³/mol. The Morgan fingerprint density at radius 3 is 2.94 bits per heavy atom. The molecule has 1 aliphatic rings. The maximum Gasteiger partial charge on any atom is 0.316 e. The Hall–Kier alpha value is -1.00. The van der Waals surface area contributed by atoms with E-state index in [1.54, 1.807) is 0 Å². The summed E-state index contributed by atoms with van der Waals surface area (Å²) in [7, 11) is 0. The molecule has 1 aromatic carbocycles. The van der Waals surface area contributed by atoms with Crippen LogP contribution in [0.25, 0.3) is 0 Å². The molecule has 0 amide bonds. The number of carboxylic acids is 1. The van der Waals surface area contributed by atoms with Crippen molar-refractivity contribution in [1.82, 2.24) is 5.32 Å². The summed E-state index contributed by atoms with van der Waals surface area (Å²) in [5, 5.41) is 12.2. The highest BCUT2D eigenvalue weighted by molar-refractivity contribution is 8.00. The molecule has 0 aromatic heterocycles. The molecule has 0 bridgehead atoms. The summed E-state index contributed by atoms with van der Waals surface area (Å²) in [4.78, 5) is 12.1. The first-order valence-electron chi connectivity index (χ1n) is 6.41. The Morgan fingerprint density at radius 2 is 2.33 bits per heavy atom. The number of benzene rings is 1. The van der Waals surface area contributed by atoms with E-state index in [1.807, 2.05) is 19.1 Å². The van der Waals surface area contributed by atoms with Crippen LogP contribution >= 0.6 is 11.8 Å². The lowest BCUT2D eigenvalue weighted by Gasteiger charge is -2.10. The van der Waals surface area contributed by atoms with E-state index in [1.165, 1.54) is 30.2 Å². The molecule has 1 aliphatic carbocycles. The third kappa shape index (κ3) is 4.03. The van der Waals surface area contributed by atoms with Crippen molar-refractivity contribution in [2.24, 2.45) is 0 Å². The van der Waals surface area contributed by atoms with E-state index in [2.05, 4.69) is 17.4 Å². The van der Waals surface area contributed by atoms with E-state index >= 15 is 0 Å². The van der Waals surface area contributed by atoms with Crippen molar-refractivity contribution < 1.29 is 9.90 Å². The first kappa shape index (κ1) is 13.4. The van der Waals surface area contributed by atoms with Gasteiger partial charge in [0.15, 0.2) is 0 Å². The van der Waals surface area contributed by atoms with Gasteiger partial charge in [-0.1, -0.05) is 19.1 Å². The zero-order chi connectivity index (χ0) is 13.0. The van der Waals surface area contributed by atoms with Gasteiger partial charge in [0.05, 0.1) is 0 Å². The number of carbonyl (C=O) groups is 1. The van der Waals surface area contributed by atoms with Gasteiger partial charge < -0.3 is 10.4 Å². The smallest absolute Gasteiger partial charge is 0.316 e. The van der Waals surface area contributed by atoms with Crippen molar-refractivity contribution in [3.63, 3.8) is 0 Å². The Bertz CT molecular complexity index is 418. The molecule has 98 valence electrons. The number of hydrogen-bond donors (Lipinski definition) is 2. The molecule has 1 unspecified atom stereocenters. The number of aliphatic carboxylic acids is 1. The summed E-state index contributed by atoms with van der Waals surface area (Å²) >= 11 is 1.43. The van der Waals surface area contributed by atoms with Crippen molar-refractivity contribution in [2.45, 2.75) is 48.9 Å². The van der Waals surface area contributed by atoms with Gasteiger partial charge in [0.2, 0.25) is 0 Å². The minimum Gasteiger partial charge on any atom is -0.480 e. The van der Waals surface area contributed by atoms with E-state index in [0.717, 1.165) is 11.4 Å². The third-order valence-electron chi connectivity index (χ3n) is 3.00. The molecular formula is C14H19NO2S. The van der Waals surface area contributed by atoms with Crippen molar-refractivity contribution in [3.05, 3.63) is 29.8 Å². The molecule has 1 aromatic rings. The quantitative estimate of drug-likeness (QED) is 0.744. The van der Waals surface area contributed by atoms with Gasteiger partial charge >= 0.3 is 5.97 Å². The van der Waals surface area contributed by atoms with Crippen LogP contribution < -0.4 is 5.32 Å². The van der Waals surface area contributed by atoms with Crippen LogP contribution in [0.3, 0.4) is 0 Å². The molecule has 0 saturated heterocycles. The summed E-state index contributed by atoms with van der Waals surface area (Å²) in [5.41, 5.74) is 1.23. The number of thioether (sulfide) groups is 1. The van der Waals surface area contributed by atoms with Crippen LogP contribution in [-0.2, 0) is 11.3 Å². The van der Waals surface area contributed by atoms with Crippen LogP contribution in [0.2, 0.25) is 0 Å². The van der Waals surface area contributed by atoms with E-state index in [4.69, 9.17) is 5.11 Å². The molecule has 1 atom stereocenters. The van der Waals surface area contributed by atoms with Gasteiger partial charge in [0.25, 0.3) is 0 Å². The Kier molecular flexibility index (Phi) is 4.66. The average molecular weight is 265 g/mol. The molecular weight excluding hydrogens is 246 g/mol. The fourth-order valence-electron chi connectivity index (χ4n) is 1.75. The Labute approximate surface area is 112 Å². The molecule has 18 heavy (non-hydrogen) atoms. The van der Waals surface area contributed by atoms with E-state index < -0.39 is 5.97 Å². The van der Waals surface area contributed by atoms with Gasteiger partial charge in [-0.25, -0.2) is 0 Å². The van der Waals surface area contributed by atoms with Gasteiger partial charge in [0, 0.05) is 17.5 Å². The minimum atomic E-state index is -0.732. The van der Waals surface area contributed by atoms with Crippen molar-refractivity contribution >= 4 is 17.7 Å². The lowest BCUT2D eigenvalue weighted by Crippen LogP contribution is -2.16. The van der Waals surface area contributed by atoms with Crippen LogP contribution in [0.15, 0.2) is 29.2 Å².